The molecule has 0 atom stereocenters. The van der Waals surface area contributed by atoms with Crippen LogP contribution in [0.2, 0.25) is 0 Å². The fourth-order valence-corrected chi connectivity index (χ4v) is 4.22. The zero-order valence-corrected chi connectivity index (χ0v) is 12.4. The summed E-state index contributed by atoms with van der Waals surface area (Å²) in [7, 11) is -3.15. The van der Waals surface area contributed by atoms with Crippen molar-refractivity contribution >= 4 is 10.0 Å². The van der Waals surface area contributed by atoms with E-state index in [1.54, 1.807) is 0 Å². The van der Waals surface area contributed by atoms with Crippen molar-refractivity contribution in [3.63, 3.8) is 0 Å². The smallest absolute Gasteiger partial charge is 0.214 e. The van der Waals surface area contributed by atoms with E-state index >= 15 is 0 Å². The van der Waals surface area contributed by atoms with Gasteiger partial charge in [-0.1, -0.05) is 33.1 Å². The van der Waals surface area contributed by atoms with Gasteiger partial charge in [-0.05, 0) is 31.1 Å². The van der Waals surface area contributed by atoms with Gasteiger partial charge < -0.3 is 5.11 Å². The van der Waals surface area contributed by atoms with Gasteiger partial charge in [0.1, 0.15) is 0 Å². The minimum atomic E-state index is -3.15. The Kier molecular flexibility index (Phi) is 6.08. The van der Waals surface area contributed by atoms with Gasteiger partial charge in [-0.2, -0.15) is 0 Å². The number of sulfonamides is 1. The van der Waals surface area contributed by atoms with Gasteiger partial charge in [0.05, 0.1) is 5.25 Å². The van der Waals surface area contributed by atoms with Crippen molar-refractivity contribution in [1.82, 2.24) is 4.72 Å². The zero-order valence-electron chi connectivity index (χ0n) is 11.6. The average Bonchev–Trinajstić information content (AvgIpc) is 2.36. The van der Waals surface area contributed by atoms with Gasteiger partial charge in [-0.3, -0.25) is 0 Å². The normalized spacial score (nSPS) is 19.1. The molecule has 0 spiro atoms. The van der Waals surface area contributed by atoms with Gasteiger partial charge in [0.2, 0.25) is 10.0 Å². The maximum absolute atomic E-state index is 12.1. The molecule has 1 rings (SSSR count). The first-order chi connectivity index (χ1) is 8.37. The maximum atomic E-state index is 12.1. The first-order valence-electron chi connectivity index (χ1n) is 6.97. The van der Waals surface area contributed by atoms with Gasteiger partial charge in [-0.25, -0.2) is 13.1 Å². The number of rotatable bonds is 7. The summed E-state index contributed by atoms with van der Waals surface area (Å²) in [6.07, 6.45) is 6.36. The van der Waals surface area contributed by atoms with Crippen LogP contribution in [0.3, 0.4) is 0 Å². The fraction of sp³-hybridized carbons (Fsp3) is 1.00. The second kappa shape index (κ2) is 6.87. The number of nitrogens with one attached hydrogen (secondary N) is 1. The molecule has 0 aromatic rings. The summed E-state index contributed by atoms with van der Waals surface area (Å²) in [4.78, 5) is 0. The molecule has 2 N–H and O–H groups in total. The Morgan fingerprint density at radius 1 is 1.22 bits per heavy atom. The third-order valence-corrected chi connectivity index (χ3v) is 5.65. The van der Waals surface area contributed by atoms with Crippen molar-refractivity contribution in [2.45, 2.75) is 64.0 Å². The third kappa shape index (κ3) is 5.24. The highest BCUT2D eigenvalue weighted by Gasteiger charge is 2.29. The highest BCUT2D eigenvalue weighted by Crippen LogP contribution is 2.25. The summed E-state index contributed by atoms with van der Waals surface area (Å²) in [6, 6.07) is 0. The first-order valence-corrected chi connectivity index (χ1v) is 8.51. The molecule has 5 heteroatoms. The van der Waals surface area contributed by atoms with Crippen LogP contribution < -0.4 is 4.72 Å². The largest absolute Gasteiger partial charge is 0.396 e. The van der Waals surface area contributed by atoms with Crippen LogP contribution >= 0.6 is 0 Å². The van der Waals surface area contributed by atoms with E-state index in [4.69, 9.17) is 5.11 Å². The lowest BCUT2D eigenvalue weighted by atomic mass is 9.88. The Balaban J connectivity index is 2.45. The third-order valence-electron chi connectivity index (χ3n) is 3.75. The predicted octanol–water partition coefficient (Wildman–Crippen LogP) is 2.04. The number of aliphatic hydroxyl groups is 1. The molecule has 0 aromatic carbocycles. The van der Waals surface area contributed by atoms with Crippen molar-refractivity contribution < 1.29 is 13.5 Å². The second-order valence-electron chi connectivity index (χ2n) is 6.12. The molecule has 0 aliphatic heterocycles. The lowest BCUT2D eigenvalue weighted by Crippen LogP contribution is -2.40. The van der Waals surface area contributed by atoms with Crippen LogP contribution in [0.25, 0.3) is 0 Å². The predicted molar refractivity (Wildman–Crippen MR) is 73.9 cm³/mol. The zero-order chi connectivity index (χ0) is 13.6. The monoisotopic (exact) mass is 277 g/mol. The van der Waals surface area contributed by atoms with Crippen molar-refractivity contribution in [3.05, 3.63) is 0 Å². The highest BCUT2D eigenvalue weighted by atomic mass is 32.2. The van der Waals surface area contributed by atoms with E-state index in [0.717, 1.165) is 44.9 Å². The van der Waals surface area contributed by atoms with Gasteiger partial charge in [-0.15, -0.1) is 0 Å². The number of hydrogen-bond acceptors (Lipinski definition) is 3. The molecule has 4 nitrogen and oxygen atoms in total. The quantitative estimate of drug-likeness (QED) is 0.748. The average molecular weight is 277 g/mol. The van der Waals surface area contributed by atoms with E-state index < -0.39 is 10.0 Å². The van der Waals surface area contributed by atoms with Crippen molar-refractivity contribution in [2.75, 3.05) is 13.2 Å². The van der Waals surface area contributed by atoms with Crippen LogP contribution in [0.4, 0.5) is 0 Å². The van der Waals surface area contributed by atoms with E-state index in [1.165, 1.54) is 0 Å². The molecular weight excluding hydrogens is 250 g/mol. The standard InChI is InChI=1S/C13H27NO3S/c1-13(2,9-6-10-15)11-14-18(16,17)12-7-4-3-5-8-12/h12,14-15H,3-11H2,1-2H3. The lowest BCUT2D eigenvalue weighted by molar-refractivity contribution is 0.242. The minimum Gasteiger partial charge on any atom is -0.396 e. The maximum Gasteiger partial charge on any atom is 0.214 e. The number of hydrogen-bond donors (Lipinski definition) is 2. The molecular formula is C13H27NO3S. The van der Waals surface area contributed by atoms with Crippen LogP contribution in [0.15, 0.2) is 0 Å². The molecule has 0 aromatic heterocycles. The Labute approximate surface area is 111 Å². The summed E-state index contributed by atoms with van der Waals surface area (Å²) in [6.45, 7) is 4.70. The summed E-state index contributed by atoms with van der Waals surface area (Å²) in [5, 5.41) is 8.63. The van der Waals surface area contributed by atoms with Gasteiger partial charge in [0.15, 0.2) is 0 Å². The van der Waals surface area contributed by atoms with Crippen LogP contribution in [-0.4, -0.2) is 31.9 Å². The Bertz CT molecular complexity index is 332. The molecule has 18 heavy (non-hydrogen) atoms. The second-order valence-corrected chi connectivity index (χ2v) is 8.16. The highest BCUT2D eigenvalue weighted by molar-refractivity contribution is 7.90. The lowest BCUT2D eigenvalue weighted by Gasteiger charge is -2.27. The summed E-state index contributed by atoms with van der Waals surface area (Å²) < 4.78 is 27.1. The summed E-state index contributed by atoms with van der Waals surface area (Å²) in [5.41, 5.74) is -0.0928. The van der Waals surface area contributed by atoms with Crippen LogP contribution in [0, 0.1) is 5.41 Å². The number of aliphatic hydroxyl groups excluding tert-OH is 1. The van der Waals surface area contributed by atoms with Crippen molar-refractivity contribution in [2.24, 2.45) is 5.41 Å². The van der Waals surface area contributed by atoms with E-state index in [1.807, 2.05) is 13.8 Å². The fourth-order valence-electron chi connectivity index (χ4n) is 2.44. The molecule has 108 valence electrons. The molecule has 0 heterocycles. The molecule has 0 amide bonds. The van der Waals surface area contributed by atoms with Gasteiger partial charge in [0, 0.05) is 13.2 Å². The molecule has 1 aliphatic rings. The Morgan fingerprint density at radius 3 is 2.39 bits per heavy atom. The van der Waals surface area contributed by atoms with E-state index in [9.17, 15) is 8.42 Å². The summed E-state index contributed by atoms with van der Waals surface area (Å²) >= 11 is 0. The SMILES string of the molecule is CC(C)(CCCO)CNS(=O)(=O)C1CCCCC1. The van der Waals surface area contributed by atoms with E-state index in [2.05, 4.69) is 4.72 Å². The Hall–Kier alpha value is -0.130. The van der Waals surface area contributed by atoms with Crippen LogP contribution in [0.1, 0.15) is 58.8 Å². The van der Waals surface area contributed by atoms with Crippen LogP contribution in [0.5, 0.6) is 0 Å². The molecule has 1 fully saturated rings. The molecule has 1 saturated carbocycles. The van der Waals surface area contributed by atoms with Crippen LogP contribution in [-0.2, 0) is 10.0 Å². The van der Waals surface area contributed by atoms with E-state index in [-0.39, 0.29) is 17.3 Å². The van der Waals surface area contributed by atoms with Gasteiger partial charge in [0.25, 0.3) is 0 Å². The van der Waals surface area contributed by atoms with E-state index in [0.29, 0.717) is 6.54 Å². The van der Waals surface area contributed by atoms with Crippen molar-refractivity contribution in [3.8, 4) is 0 Å². The molecule has 0 unspecified atom stereocenters. The topological polar surface area (TPSA) is 66.4 Å². The van der Waals surface area contributed by atoms with Gasteiger partial charge >= 0.3 is 0 Å². The first kappa shape index (κ1) is 15.9. The molecule has 0 saturated heterocycles. The molecule has 1 aliphatic carbocycles. The molecule has 0 bridgehead atoms. The Morgan fingerprint density at radius 2 is 1.83 bits per heavy atom. The summed E-state index contributed by atoms with van der Waals surface area (Å²) in [5.74, 6) is 0. The molecule has 0 radical (unpaired) electrons. The minimum absolute atomic E-state index is 0.0928. The van der Waals surface area contributed by atoms with Crippen molar-refractivity contribution in [1.29, 1.82) is 0 Å².